The van der Waals surface area contributed by atoms with Gasteiger partial charge in [-0.05, 0) is 51.5 Å². The van der Waals surface area contributed by atoms with Crippen LogP contribution in [0.15, 0.2) is 48.5 Å². The molecule has 2 rings (SSSR count). The number of hydrogen-bond donors (Lipinski definition) is 2. The summed E-state index contributed by atoms with van der Waals surface area (Å²) in [6, 6.07) is 14.5. The fourth-order valence-electron chi connectivity index (χ4n) is 2.30. The molecule has 138 valence electrons. The highest BCUT2D eigenvalue weighted by atomic mass is 16.5. The van der Waals surface area contributed by atoms with Crippen LogP contribution < -0.4 is 15.4 Å². The van der Waals surface area contributed by atoms with Crippen molar-refractivity contribution in [1.82, 2.24) is 5.32 Å². The van der Waals surface area contributed by atoms with Gasteiger partial charge in [-0.2, -0.15) is 0 Å². The van der Waals surface area contributed by atoms with Crippen LogP contribution in [0.4, 0.5) is 5.69 Å². The lowest BCUT2D eigenvalue weighted by Crippen LogP contribution is -2.34. The fraction of sp³-hybridized carbons (Fsp3) is 0.333. The minimum Gasteiger partial charge on any atom is -0.481 e. The molecule has 2 atom stereocenters. The standard InChI is InChI=1S/C21H26N2O3/c1-5-15(3)22-21(25)18-8-6-7-9-19(18)23-20(24)16(4)26-17-12-10-14(2)11-13-17/h6-13,15-16H,5H2,1-4H3,(H,22,25)(H,23,24). The van der Waals surface area contributed by atoms with E-state index < -0.39 is 6.10 Å². The zero-order chi connectivity index (χ0) is 19.1. The summed E-state index contributed by atoms with van der Waals surface area (Å²) in [5.74, 6) is 0.109. The van der Waals surface area contributed by atoms with Gasteiger partial charge < -0.3 is 15.4 Å². The molecule has 2 N–H and O–H groups in total. The van der Waals surface area contributed by atoms with Gasteiger partial charge in [-0.15, -0.1) is 0 Å². The maximum absolute atomic E-state index is 12.5. The largest absolute Gasteiger partial charge is 0.481 e. The van der Waals surface area contributed by atoms with Gasteiger partial charge in [0.25, 0.3) is 11.8 Å². The lowest BCUT2D eigenvalue weighted by atomic mass is 10.1. The molecule has 0 saturated heterocycles. The number of hydrogen-bond acceptors (Lipinski definition) is 3. The van der Waals surface area contributed by atoms with Crippen molar-refractivity contribution < 1.29 is 14.3 Å². The first-order valence-electron chi connectivity index (χ1n) is 8.84. The van der Waals surface area contributed by atoms with Gasteiger partial charge in [0, 0.05) is 6.04 Å². The van der Waals surface area contributed by atoms with Crippen molar-refractivity contribution in [2.24, 2.45) is 0 Å². The Balaban J connectivity index is 2.06. The van der Waals surface area contributed by atoms with Gasteiger partial charge in [-0.25, -0.2) is 0 Å². The van der Waals surface area contributed by atoms with Gasteiger partial charge in [-0.1, -0.05) is 36.8 Å². The second-order valence-electron chi connectivity index (χ2n) is 6.39. The minimum atomic E-state index is -0.691. The number of anilines is 1. The summed E-state index contributed by atoms with van der Waals surface area (Å²) in [6.07, 6.45) is 0.144. The molecule has 2 unspecified atom stereocenters. The molecule has 0 aliphatic rings. The molecule has 0 aromatic heterocycles. The zero-order valence-electron chi connectivity index (χ0n) is 15.7. The predicted octanol–water partition coefficient (Wildman–Crippen LogP) is 3.93. The van der Waals surface area contributed by atoms with E-state index in [2.05, 4.69) is 10.6 Å². The predicted molar refractivity (Wildman–Crippen MR) is 104 cm³/mol. The number of carbonyl (C=O) groups is 2. The summed E-state index contributed by atoms with van der Waals surface area (Å²) < 4.78 is 5.67. The molecule has 0 aliphatic carbocycles. The fourth-order valence-corrected chi connectivity index (χ4v) is 2.30. The van der Waals surface area contributed by atoms with Crippen LogP contribution in [-0.4, -0.2) is 24.0 Å². The van der Waals surface area contributed by atoms with E-state index >= 15 is 0 Å². The molecule has 2 aromatic rings. The average Bonchev–Trinajstić information content (AvgIpc) is 2.63. The molecule has 5 nitrogen and oxygen atoms in total. The van der Waals surface area contributed by atoms with Gasteiger partial charge in [0.15, 0.2) is 6.10 Å². The first-order valence-corrected chi connectivity index (χ1v) is 8.84. The van der Waals surface area contributed by atoms with E-state index in [1.807, 2.05) is 45.0 Å². The van der Waals surface area contributed by atoms with Crippen LogP contribution in [0.1, 0.15) is 43.1 Å². The molecular formula is C21H26N2O3. The number of amides is 2. The van der Waals surface area contributed by atoms with Gasteiger partial charge in [0.2, 0.25) is 0 Å². The summed E-state index contributed by atoms with van der Waals surface area (Å²) in [4.78, 5) is 24.9. The quantitative estimate of drug-likeness (QED) is 0.792. The Morgan fingerprint density at radius 2 is 1.69 bits per heavy atom. The third-order valence-corrected chi connectivity index (χ3v) is 4.12. The summed E-state index contributed by atoms with van der Waals surface area (Å²) in [5.41, 5.74) is 2.03. The first-order chi connectivity index (χ1) is 12.4. The summed E-state index contributed by atoms with van der Waals surface area (Å²) in [5, 5.41) is 5.70. The van der Waals surface area contributed by atoms with Crippen molar-refractivity contribution in [3.8, 4) is 5.75 Å². The Labute approximate surface area is 154 Å². The third kappa shape index (κ3) is 5.34. The van der Waals surface area contributed by atoms with Crippen LogP contribution in [0.2, 0.25) is 0 Å². The van der Waals surface area contributed by atoms with E-state index in [4.69, 9.17) is 4.74 Å². The number of aryl methyl sites for hydroxylation is 1. The van der Waals surface area contributed by atoms with E-state index in [-0.39, 0.29) is 17.9 Å². The first kappa shape index (κ1) is 19.5. The molecule has 0 fully saturated rings. The molecule has 5 heteroatoms. The van der Waals surface area contributed by atoms with Crippen LogP contribution in [-0.2, 0) is 4.79 Å². The summed E-state index contributed by atoms with van der Waals surface area (Å²) in [7, 11) is 0. The number of carbonyl (C=O) groups excluding carboxylic acids is 2. The van der Waals surface area contributed by atoms with Crippen LogP contribution in [0.25, 0.3) is 0 Å². The van der Waals surface area contributed by atoms with Gasteiger partial charge in [-0.3, -0.25) is 9.59 Å². The molecule has 2 amide bonds. The normalized spacial score (nSPS) is 12.8. The van der Waals surface area contributed by atoms with Gasteiger partial charge >= 0.3 is 0 Å². The van der Waals surface area contributed by atoms with E-state index in [1.165, 1.54) is 0 Å². The van der Waals surface area contributed by atoms with E-state index in [1.54, 1.807) is 31.2 Å². The third-order valence-electron chi connectivity index (χ3n) is 4.12. The molecule has 0 bridgehead atoms. The van der Waals surface area contributed by atoms with Crippen molar-refractivity contribution in [3.05, 3.63) is 59.7 Å². The highest BCUT2D eigenvalue weighted by Crippen LogP contribution is 2.18. The molecule has 0 heterocycles. The van der Waals surface area contributed by atoms with E-state index in [0.717, 1.165) is 12.0 Å². The number of nitrogens with one attached hydrogen (secondary N) is 2. The molecule has 0 aliphatic heterocycles. The molecule has 0 spiro atoms. The lowest BCUT2D eigenvalue weighted by Gasteiger charge is -2.17. The molecule has 0 saturated carbocycles. The monoisotopic (exact) mass is 354 g/mol. The Hall–Kier alpha value is -2.82. The number of para-hydroxylation sites is 1. The second kappa shape index (κ2) is 9.04. The maximum atomic E-state index is 12.5. The summed E-state index contributed by atoms with van der Waals surface area (Å²) >= 11 is 0. The van der Waals surface area contributed by atoms with Crippen LogP contribution in [0.5, 0.6) is 5.75 Å². The topological polar surface area (TPSA) is 67.4 Å². The molecule has 26 heavy (non-hydrogen) atoms. The number of ether oxygens (including phenoxy) is 1. The van der Waals surface area contributed by atoms with Gasteiger partial charge in [0.1, 0.15) is 5.75 Å². The molecule has 2 aromatic carbocycles. The Morgan fingerprint density at radius 1 is 1.04 bits per heavy atom. The van der Waals surface area contributed by atoms with Crippen LogP contribution >= 0.6 is 0 Å². The number of rotatable bonds is 7. The maximum Gasteiger partial charge on any atom is 0.265 e. The molecule has 0 radical (unpaired) electrons. The Bertz CT molecular complexity index is 756. The highest BCUT2D eigenvalue weighted by Gasteiger charge is 2.19. The Morgan fingerprint density at radius 3 is 2.35 bits per heavy atom. The SMILES string of the molecule is CCC(C)NC(=O)c1ccccc1NC(=O)C(C)Oc1ccc(C)cc1. The highest BCUT2D eigenvalue weighted by molar-refractivity contribution is 6.04. The van der Waals surface area contributed by atoms with Crippen LogP contribution in [0.3, 0.4) is 0 Å². The van der Waals surface area contributed by atoms with Crippen molar-refractivity contribution >= 4 is 17.5 Å². The average molecular weight is 354 g/mol. The van der Waals surface area contributed by atoms with Crippen molar-refractivity contribution in [2.45, 2.75) is 46.3 Å². The number of benzene rings is 2. The van der Waals surface area contributed by atoms with Crippen molar-refractivity contribution in [3.63, 3.8) is 0 Å². The van der Waals surface area contributed by atoms with Crippen LogP contribution in [0, 0.1) is 6.92 Å². The van der Waals surface area contributed by atoms with Gasteiger partial charge in [0.05, 0.1) is 11.3 Å². The molecular weight excluding hydrogens is 328 g/mol. The minimum absolute atomic E-state index is 0.0649. The zero-order valence-corrected chi connectivity index (χ0v) is 15.7. The lowest BCUT2D eigenvalue weighted by molar-refractivity contribution is -0.122. The Kier molecular flexibility index (Phi) is 6.78. The smallest absolute Gasteiger partial charge is 0.265 e. The summed E-state index contributed by atoms with van der Waals surface area (Å²) in [6.45, 7) is 7.61. The second-order valence-corrected chi connectivity index (χ2v) is 6.39. The van der Waals surface area contributed by atoms with Crippen molar-refractivity contribution in [2.75, 3.05) is 5.32 Å². The van der Waals surface area contributed by atoms with Crippen molar-refractivity contribution in [1.29, 1.82) is 0 Å². The van der Waals surface area contributed by atoms with E-state index in [9.17, 15) is 9.59 Å². The van der Waals surface area contributed by atoms with E-state index in [0.29, 0.717) is 17.0 Å².